The molecule has 1 aromatic carbocycles. The lowest BCUT2D eigenvalue weighted by Gasteiger charge is -2.13. The molecule has 86 valence electrons. The maximum absolute atomic E-state index is 11.9. The van der Waals surface area contributed by atoms with Crippen LogP contribution < -0.4 is 0 Å². The van der Waals surface area contributed by atoms with E-state index in [1.165, 1.54) is 0 Å². The second kappa shape index (κ2) is 5.45. The zero-order valence-electron chi connectivity index (χ0n) is 9.51. The van der Waals surface area contributed by atoms with Gasteiger partial charge >= 0.3 is 5.97 Å². The molecule has 0 saturated carbocycles. The van der Waals surface area contributed by atoms with Crippen LogP contribution in [0.2, 0.25) is 0 Å². The fourth-order valence-electron chi connectivity index (χ4n) is 1.63. The van der Waals surface area contributed by atoms with E-state index < -0.39 is 11.9 Å². The second-order valence-corrected chi connectivity index (χ2v) is 4.11. The van der Waals surface area contributed by atoms with E-state index in [0.717, 1.165) is 0 Å². The normalized spacial score (nSPS) is 14.1. The first-order chi connectivity index (χ1) is 7.52. The highest BCUT2D eigenvalue weighted by Gasteiger charge is 2.21. The molecule has 0 aliphatic rings. The minimum absolute atomic E-state index is 0.00806. The Labute approximate surface area is 95.1 Å². The molecular weight excluding hydrogens is 204 g/mol. The molecule has 0 radical (unpaired) electrons. The van der Waals surface area contributed by atoms with Gasteiger partial charge in [0.2, 0.25) is 0 Å². The molecule has 0 amide bonds. The number of carbonyl (C=O) groups excluding carboxylic acids is 1. The van der Waals surface area contributed by atoms with Gasteiger partial charge in [-0.25, -0.2) is 0 Å². The van der Waals surface area contributed by atoms with Gasteiger partial charge in [0.1, 0.15) is 0 Å². The van der Waals surface area contributed by atoms with Gasteiger partial charge in [0.25, 0.3) is 0 Å². The molecule has 0 aliphatic carbocycles. The lowest BCUT2D eigenvalue weighted by molar-refractivity contribution is -0.141. The number of hydrogen-bond acceptors (Lipinski definition) is 2. The summed E-state index contributed by atoms with van der Waals surface area (Å²) in [6.45, 7) is 3.39. The second-order valence-electron chi connectivity index (χ2n) is 4.11. The van der Waals surface area contributed by atoms with E-state index in [1.807, 2.05) is 6.07 Å². The Morgan fingerprint density at radius 1 is 1.12 bits per heavy atom. The summed E-state index contributed by atoms with van der Waals surface area (Å²) in [4.78, 5) is 22.6. The van der Waals surface area contributed by atoms with Gasteiger partial charge in [0.15, 0.2) is 5.78 Å². The molecular formula is C13H16O3. The number of carboxylic acids is 1. The van der Waals surface area contributed by atoms with E-state index in [9.17, 15) is 9.59 Å². The van der Waals surface area contributed by atoms with Crippen LogP contribution in [0, 0.1) is 11.8 Å². The summed E-state index contributed by atoms with van der Waals surface area (Å²) in [6.07, 6.45) is 0.378. The molecule has 0 unspecified atom stereocenters. The van der Waals surface area contributed by atoms with Crippen LogP contribution in [0.1, 0.15) is 30.6 Å². The van der Waals surface area contributed by atoms with Crippen LogP contribution in [0.5, 0.6) is 0 Å². The number of ketones is 1. The van der Waals surface area contributed by atoms with E-state index in [0.29, 0.717) is 12.0 Å². The summed E-state index contributed by atoms with van der Waals surface area (Å²) >= 11 is 0. The average molecular weight is 220 g/mol. The Morgan fingerprint density at radius 2 is 1.69 bits per heavy atom. The summed E-state index contributed by atoms with van der Waals surface area (Å²) in [5.41, 5.74) is 0.646. The smallest absolute Gasteiger partial charge is 0.306 e. The fraction of sp³-hybridized carbons (Fsp3) is 0.385. The Balaban J connectivity index is 2.65. The van der Waals surface area contributed by atoms with E-state index >= 15 is 0 Å². The zero-order chi connectivity index (χ0) is 12.1. The molecule has 2 atom stereocenters. The van der Waals surface area contributed by atoms with Crippen molar-refractivity contribution in [3.63, 3.8) is 0 Å². The molecule has 16 heavy (non-hydrogen) atoms. The van der Waals surface area contributed by atoms with Crippen LogP contribution in [0.3, 0.4) is 0 Å². The molecule has 1 N–H and O–H groups in total. The number of rotatable bonds is 5. The summed E-state index contributed by atoms with van der Waals surface area (Å²) in [6, 6.07) is 8.97. The Hall–Kier alpha value is -1.64. The molecule has 1 rings (SSSR count). The van der Waals surface area contributed by atoms with Gasteiger partial charge in [0, 0.05) is 11.5 Å². The number of benzene rings is 1. The molecule has 0 fully saturated rings. The van der Waals surface area contributed by atoms with E-state index in [2.05, 4.69) is 0 Å². The predicted molar refractivity (Wildman–Crippen MR) is 61.4 cm³/mol. The fourth-order valence-corrected chi connectivity index (χ4v) is 1.63. The quantitative estimate of drug-likeness (QED) is 0.776. The summed E-state index contributed by atoms with van der Waals surface area (Å²) < 4.78 is 0. The SMILES string of the molecule is C[C@H](C[C@H](C)C(=O)c1ccccc1)C(=O)O. The van der Waals surface area contributed by atoms with Gasteiger partial charge in [-0.1, -0.05) is 44.2 Å². The summed E-state index contributed by atoms with van der Waals surface area (Å²) in [5.74, 6) is -1.59. The van der Waals surface area contributed by atoms with Crippen molar-refractivity contribution >= 4 is 11.8 Å². The lowest BCUT2D eigenvalue weighted by Crippen LogP contribution is -2.19. The number of Topliss-reactive ketones (excluding diaryl/α,β-unsaturated/α-hetero) is 1. The molecule has 0 heterocycles. The molecule has 0 aliphatic heterocycles. The van der Waals surface area contributed by atoms with Crippen LogP contribution >= 0.6 is 0 Å². The Morgan fingerprint density at radius 3 is 2.19 bits per heavy atom. The van der Waals surface area contributed by atoms with Crippen molar-refractivity contribution in [3.8, 4) is 0 Å². The van der Waals surface area contributed by atoms with Crippen LogP contribution in [0.25, 0.3) is 0 Å². The first kappa shape index (κ1) is 12.4. The van der Waals surface area contributed by atoms with Crippen molar-refractivity contribution < 1.29 is 14.7 Å². The lowest BCUT2D eigenvalue weighted by atomic mass is 9.91. The molecule has 3 heteroatoms. The van der Waals surface area contributed by atoms with E-state index in [-0.39, 0.29) is 11.7 Å². The maximum atomic E-state index is 11.9. The van der Waals surface area contributed by atoms with E-state index in [1.54, 1.807) is 38.1 Å². The third-order valence-electron chi connectivity index (χ3n) is 2.63. The first-order valence-corrected chi connectivity index (χ1v) is 5.34. The molecule has 0 bridgehead atoms. The van der Waals surface area contributed by atoms with Gasteiger partial charge in [0.05, 0.1) is 5.92 Å². The average Bonchev–Trinajstić information content (AvgIpc) is 2.28. The number of aliphatic carboxylic acids is 1. The molecule has 0 spiro atoms. The molecule has 1 aromatic rings. The van der Waals surface area contributed by atoms with Crippen LogP contribution in [-0.4, -0.2) is 16.9 Å². The first-order valence-electron chi connectivity index (χ1n) is 5.34. The number of hydrogen-bond donors (Lipinski definition) is 1. The van der Waals surface area contributed by atoms with Crippen molar-refractivity contribution in [1.82, 2.24) is 0 Å². The summed E-state index contributed by atoms with van der Waals surface area (Å²) in [5, 5.41) is 8.77. The van der Waals surface area contributed by atoms with Crippen molar-refractivity contribution in [2.45, 2.75) is 20.3 Å². The third-order valence-corrected chi connectivity index (χ3v) is 2.63. The van der Waals surface area contributed by atoms with Gasteiger partial charge in [-0.2, -0.15) is 0 Å². The summed E-state index contributed by atoms with van der Waals surface area (Å²) in [7, 11) is 0. The highest BCUT2D eigenvalue weighted by atomic mass is 16.4. The van der Waals surface area contributed by atoms with E-state index in [4.69, 9.17) is 5.11 Å². The molecule has 3 nitrogen and oxygen atoms in total. The van der Waals surface area contributed by atoms with Gasteiger partial charge < -0.3 is 5.11 Å². The van der Waals surface area contributed by atoms with Crippen LogP contribution in [-0.2, 0) is 4.79 Å². The third kappa shape index (κ3) is 3.19. The number of carbonyl (C=O) groups is 2. The Kier molecular flexibility index (Phi) is 4.23. The van der Waals surface area contributed by atoms with Gasteiger partial charge in [-0.3, -0.25) is 9.59 Å². The number of carboxylic acid groups (broad SMARTS) is 1. The Bertz CT molecular complexity index is 370. The van der Waals surface area contributed by atoms with Gasteiger partial charge in [-0.05, 0) is 6.42 Å². The van der Waals surface area contributed by atoms with Crippen LogP contribution in [0.4, 0.5) is 0 Å². The zero-order valence-corrected chi connectivity index (χ0v) is 9.51. The van der Waals surface area contributed by atoms with Crippen molar-refractivity contribution in [1.29, 1.82) is 0 Å². The monoisotopic (exact) mass is 220 g/mol. The molecule has 0 saturated heterocycles. The largest absolute Gasteiger partial charge is 0.481 e. The molecule has 0 aromatic heterocycles. The standard InChI is InChI=1S/C13H16O3/c1-9(8-10(2)13(15)16)12(14)11-6-4-3-5-7-11/h3-7,9-10H,8H2,1-2H3,(H,15,16)/t9-,10+/m0/s1. The highest BCUT2D eigenvalue weighted by molar-refractivity contribution is 5.97. The maximum Gasteiger partial charge on any atom is 0.306 e. The highest BCUT2D eigenvalue weighted by Crippen LogP contribution is 2.17. The van der Waals surface area contributed by atoms with Gasteiger partial charge in [-0.15, -0.1) is 0 Å². The minimum Gasteiger partial charge on any atom is -0.481 e. The van der Waals surface area contributed by atoms with Crippen molar-refractivity contribution in [2.75, 3.05) is 0 Å². The minimum atomic E-state index is -0.854. The topological polar surface area (TPSA) is 54.4 Å². The van der Waals surface area contributed by atoms with Crippen molar-refractivity contribution in [2.24, 2.45) is 11.8 Å². The predicted octanol–water partition coefficient (Wildman–Crippen LogP) is 2.62. The van der Waals surface area contributed by atoms with Crippen LogP contribution in [0.15, 0.2) is 30.3 Å². The van der Waals surface area contributed by atoms with Crippen molar-refractivity contribution in [3.05, 3.63) is 35.9 Å².